The Hall–Kier alpha value is -2.59. The molecule has 0 atom stereocenters. The van der Waals surface area contributed by atoms with Crippen LogP contribution in [0.4, 0.5) is 13.2 Å². The second-order valence-electron chi connectivity index (χ2n) is 9.05. The maximum absolute atomic E-state index is 12.9. The molecule has 2 N–H and O–H groups in total. The van der Waals surface area contributed by atoms with Crippen LogP contribution in [0.1, 0.15) is 48.7 Å². The molecule has 10 heteroatoms. The van der Waals surface area contributed by atoms with Crippen molar-refractivity contribution in [2.75, 3.05) is 25.4 Å². The lowest BCUT2D eigenvalue weighted by molar-refractivity contribution is -0.0939. The molecule has 0 unspecified atom stereocenters. The van der Waals surface area contributed by atoms with E-state index >= 15 is 0 Å². The van der Waals surface area contributed by atoms with Crippen molar-refractivity contribution in [1.29, 1.82) is 5.41 Å². The van der Waals surface area contributed by atoms with Gasteiger partial charge < -0.3 is 20.0 Å². The number of halogens is 3. The van der Waals surface area contributed by atoms with E-state index in [4.69, 9.17) is 5.41 Å². The molecule has 4 rings (SSSR count). The predicted octanol–water partition coefficient (Wildman–Crippen LogP) is 5.16. The molecule has 0 spiro atoms. The first kappa shape index (κ1) is 25.5. The van der Waals surface area contributed by atoms with E-state index in [-0.39, 0.29) is 12.2 Å². The van der Waals surface area contributed by atoms with Gasteiger partial charge in [0.25, 0.3) is 0 Å². The second-order valence-corrected chi connectivity index (χ2v) is 10.1. The smallest absolute Gasteiger partial charge is 0.412 e. The van der Waals surface area contributed by atoms with Gasteiger partial charge in [0.1, 0.15) is 5.75 Å². The van der Waals surface area contributed by atoms with Crippen LogP contribution in [-0.2, 0) is 19.9 Å². The molecule has 1 aromatic heterocycles. The first-order valence-corrected chi connectivity index (χ1v) is 12.7. The number of hydrogen-bond donors (Lipinski definition) is 2. The van der Waals surface area contributed by atoms with Crippen molar-refractivity contribution in [2.45, 2.75) is 50.4 Å². The van der Waals surface area contributed by atoms with E-state index in [1.165, 1.54) is 11.6 Å². The number of aromatic nitrogens is 3. The number of rotatable bonds is 7. The Morgan fingerprint density at radius 1 is 1.09 bits per heavy atom. The van der Waals surface area contributed by atoms with Gasteiger partial charge >= 0.3 is 6.18 Å². The second kappa shape index (κ2) is 10.6. The van der Waals surface area contributed by atoms with Gasteiger partial charge in [-0.25, -0.2) is 0 Å². The maximum Gasteiger partial charge on any atom is 0.412 e. The Morgan fingerprint density at radius 2 is 1.80 bits per heavy atom. The Kier molecular flexibility index (Phi) is 7.70. The van der Waals surface area contributed by atoms with Crippen LogP contribution in [0, 0.1) is 5.41 Å². The van der Waals surface area contributed by atoms with Crippen LogP contribution < -0.4 is 0 Å². The summed E-state index contributed by atoms with van der Waals surface area (Å²) in [5.74, 6) is 1.67. The fourth-order valence-corrected chi connectivity index (χ4v) is 5.40. The first-order chi connectivity index (χ1) is 16.6. The molecule has 1 aromatic carbocycles. The summed E-state index contributed by atoms with van der Waals surface area (Å²) >= 11 is 1.61. The lowest BCUT2D eigenvalue weighted by Gasteiger charge is -2.19. The topological polar surface area (TPSA) is 78.0 Å². The molecule has 0 bridgehead atoms. The molecule has 6 nitrogen and oxygen atoms in total. The lowest BCUT2D eigenvalue weighted by Crippen LogP contribution is -2.27. The van der Waals surface area contributed by atoms with Crippen molar-refractivity contribution in [1.82, 2.24) is 19.7 Å². The number of fused-ring (bicyclic) bond motifs is 1. The quantitative estimate of drug-likeness (QED) is 0.309. The standard InChI is InChI=1S/C25H30F3N5OS/c1-16(29)21-14-18-8-11-33(12-9-19(18)15-22(21)34)10-3-13-35-24-31-30-23(32(24)2)17-4-6-20(7-5-17)25(26,27)28/h4,6,14-15,29,34H,3,5,7-13H2,1-2H3. The summed E-state index contributed by atoms with van der Waals surface area (Å²) in [6.07, 6.45) is 1.39. The van der Waals surface area contributed by atoms with Crippen molar-refractivity contribution in [3.63, 3.8) is 0 Å². The van der Waals surface area contributed by atoms with Gasteiger partial charge in [-0.15, -0.1) is 10.2 Å². The molecule has 2 aromatic rings. The summed E-state index contributed by atoms with van der Waals surface area (Å²) in [6, 6.07) is 3.77. The summed E-state index contributed by atoms with van der Waals surface area (Å²) in [5.41, 5.74) is 3.62. The first-order valence-electron chi connectivity index (χ1n) is 11.8. The highest BCUT2D eigenvalue weighted by Crippen LogP contribution is 2.35. The molecule has 1 aliphatic carbocycles. The molecule has 2 aliphatic rings. The van der Waals surface area contributed by atoms with Gasteiger partial charge in [0, 0.05) is 42.7 Å². The van der Waals surface area contributed by atoms with Crippen LogP contribution in [0.25, 0.3) is 5.57 Å². The van der Waals surface area contributed by atoms with Crippen molar-refractivity contribution in [3.8, 4) is 5.75 Å². The molecule has 188 valence electrons. The maximum atomic E-state index is 12.9. The van der Waals surface area contributed by atoms with Crippen molar-refractivity contribution >= 4 is 23.0 Å². The third-order valence-corrected chi connectivity index (χ3v) is 7.71. The van der Waals surface area contributed by atoms with Gasteiger partial charge in [-0.2, -0.15) is 13.2 Å². The third kappa shape index (κ3) is 5.98. The minimum Gasteiger partial charge on any atom is -0.507 e. The van der Waals surface area contributed by atoms with Crippen molar-refractivity contribution < 1.29 is 18.3 Å². The number of allylic oxidation sites excluding steroid dienone is 4. The van der Waals surface area contributed by atoms with E-state index in [1.807, 2.05) is 23.7 Å². The van der Waals surface area contributed by atoms with Gasteiger partial charge in [0.05, 0.1) is 0 Å². The zero-order valence-corrected chi connectivity index (χ0v) is 20.8. The van der Waals surface area contributed by atoms with E-state index < -0.39 is 11.7 Å². The third-order valence-electron chi connectivity index (χ3n) is 6.60. The van der Waals surface area contributed by atoms with Gasteiger partial charge in [-0.05, 0) is 74.4 Å². The zero-order valence-electron chi connectivity index (χ0n) is 20.0. The number of thioether (sulfide) groups is 1. The van der Waals surface area contributed by atoms with Crippen molar-refractivity contribution in [3.05, 3.63) is 52.4 Å². The summed E-state index contributed by atoms with van der Waals surface area (Å²) in [5, 5.41) is 27.3. The average molecular weight is 506 g/mol. The fourth-order valence-electron chi connectivity index (χ4n) is 4.57. The van der Waals surface area contributed by atoms with E-state index in [0.29, 0.717) is 23.5 Å². The van der Waals surface area contributed by atoms with Crippen LogP contribution in [0.2, 0.25) is 0 Å². The van der Waals surface area contributed by atoms with Gasteiger partial charge in [-0.1, -0.05) is 23.9 Å². The molecule has 0 radical (unpaired) electrons. The molecular formula is C25H30F3N5OS. The monoisotopic (exact) mass is 505 g/mol. The van der Waals surface area contributed by atoms with Crippen molar-refractivity contribution in [2.24, 2.45) is 7.05 Å². The highest BCUT2D eigenvalue weighted by molar-refractivity contribution is 7.99. The Labute approximate surface area is 207 Å². The molecule has 0 saturated heterocycles. The molecule has 35 heavy (non-hydrogen) atoms. The van der Waals surface area contributed by atoms with Crippen LogP contribution in [-0.4, -0.2) is 62.0 Å². The summed E-state index contributed by atoms with van der Waals surface area (Å²) < 4.78 is 40.4. The molecule has 0 fully saturated rings. The Morgan fingerprint density at radius 3 is 2.43 bits per heavy atom. The zero-order chi connectivity index (χ0) is 25.2. The fraction of sp³-hybridized carbons (Fsp3) is 0.480. The highest BCUT2D eigenvalue weighted by Gasteiger charge is 2.34. The number of nitrogens with one attached hydrogen (secondary N) is 1. The van der Waals surface area contributed by atoms with Crippen LogP contribution in [0.5, 0.6) is 5.75 Å². The molecular weight excluding hydrogens is 475 g/mol. The number of phenols is 1. The molecule has 0 saturated carbocycles. The molecule has 0 amide bonds. The number of phenolic OH excluding ortho intramolecular Hbond substituents is 1. The predicted molar refractivity (Wildman–Crippen MR) is 132 cm³/mol. The average Bonchev–Trinajstić information content (AvgIpc) is 3.05. The number of hydrogen-bond acceptors (Lipinski definition) is 6. The largest absolute Gasteiger partial charge is 0.507 e. The summed E-state index contributed by atoms with van der Waals surface area (Å²) in [7, 11) is 1.85. The van der Waals surface area contributed by atoms with Gasteiger partial charge in [0.2, 0.25) is 0 Å². The van der Waals surface area contributed by atoms with Crippen LogP contribution in [0.3, 0.4) is 0 Å². The van der Waals surface area contributed by atoms with Crippen LogP contribution >= 0.6 is 11.8 Å². The number of aromatic hydroxyl groups is 1. The molecule has 1 aliphatic heterocycles. The minimum atomic E-state index is -4.27. The van der Waals surface area contributed by atoms with E-state index in [2.05, 4.69) is 15.1 Å². The molecule has 2 heterocycles. The number of benzene rings is 1. The van der Waals surface area contributed by atoms with Gasteiger partial charge in [0.15, 0.2) is 11.0 Å². The van der Waals surface area contributed by atoms with Gasteiger partial charge in [-0.3, -0.25) is 0 Å². The lowest BCUT2D eigenvalue weighted by atomic mass is 9.97. The minimum absolute atomic E-state index is 0.0354. The number of alkyl halides is 3. The van der Waals surface area contributed by atoms with Crippen LogP contribution in [0.15, 0.2) is 35.0 Å². The van der Waals surface area contributed by atoms with E-state index in [0.717, 1.165) is 67.0 Å². The summed E-state index contributed by atoms with van der Waals surface area (Å²) in [6.45, 7) is 4.50. The Balaban J connectivity index is 1.28. The normalized spacial score (nSPS) is 16.9. The van der Waals surface area contributed by atoms with E-state index in [9.17, 15) is 18.3 Å². The van der Waals surface area contributed by atoms with E-state index in [1.54, 1.807) is 18.7 Å². The Bertz CT molecular complexity index is 1170. The summed E-state index contributed by atoms with van der Waals surface area (Å²) in [4.78, 5) is 2.42. The highest BCUT2D eigenvalue weighted by atomic mass is 32.2. The number of nitrogens with zero attached hydrogens (tertiary/aromatic N) is 4. The SMILES string of the molecule is CC(=N)c1cc2c(cc1O)CCN(CCCSc1nnc(C3=CC=C(C(F)(F)F)CC3)n1C)CC2.